The first-order valence-electron chi connectivity index (χ1n) is 7.49. The van der Waals surface area contributed by atoms with E-state index in [1.807, 2.05) is 18.4 Å². The Morgan fingerprint density at radius 2 is 1.96 bits per heavy atom. The molecule has 0 bridgehead atoms. The number of benzene rings is 2. The number of halogens is 2. The third kappa shape index (κ3) is 3.50. The molecular formula is C19H14Cl2N2OS. The standard InChI is InChI=1S/C19H14Cl2N2OS/c1-4-7-23-16-8-11(2)12(3)9-17(16)25-19(23)22-18(24)14-10-13(20)5-6-15(14)21/h1,5-6,8-10H,7H2,2-3H3. The highest BCUT2D eigenvalue weighted by molar-refractivity contribution is 7.16. The van der Waals surface area contributed by atoms with E-state index in [-0.39, 0.29) is 5.56 Å². The molecule has 0 saturated heterocycles. The third-order valence-corrected chi connectivity index (χ3v) is 5.51. The minimum atomic E-state index is -0.446. The predicted octanol–water partition coefficient (Wildman–Crippen LogP) is 5.00. The average Bonchev–Trinajstić information content (AvgIpc) is 2.87. The number of hydrogen-bond acceptors (Lipinski definition) is 2. The fraction of sp³-hybridized carbons (Fsp3) is 0.158. The SMILES string of the molecule is C#CCn1c(=NC(=O)c2cc(Cl)ccc2Cl)sc2cc(C)c(C)cc21. The van der Waals surface area contributed by atoms with E-state index in [0.29, 0.717) is 21.4 Å². The maximum Gasteiger partial charge on any atom is 0.281 e. The quantitative estimate of drug-likeness (QED) is 0.568. The number of rotatable bonds is 2. The predicted molar refractivity (Wildman–Crippen MR) is 104 cm³/mol. The van der Waals surface area contributed by atoms with E-state index in [0.717, 1.165) is 15.8 Å². The van der Waals surface area contributed by atoms with Gasteiger partial charge in [-0.25, -0.2) is 0 Å². The molecule has 0 unspecified atom stereocenters. The summed E-state index contributed by atoms with van der Waals surface area (Å²) in [6.45, 7) is 4.42. The number of aromatic nitrogens is 1. The van der Waals surface area contributed by atoms with Crippen LogP contribution in [-0.4, -0.2) is 10.5 Å². The highest BCUT2D eigenvalue weighted by Crippen LogP contribution is 2.23. The Morgan fingerprint density at radius 3 is 2.68 bits per heavy atom. The van der Waals surface area contributed by atoms with Crippen LogP contribution in [0.4, 0.5) is 0 Å². The van der Waals surface area contributed by atoms with Gasteiger partial charge in [-0.2, -0.15) is 4.99 Å². The molecular weight excluding hydrogens is 375 g/mol. The molecule has 0 radical (unpaired) electrons. The molecule has 1 aromatic heterocycles. The first-order valence-corrected chi connectivity index (χ1v) is 9.06. The molecule has 3 rings (SSSR count). The Kier molecular flexibility index (Phi) is 5.01. The minimum absolute atomic E-state index is 0.270. The summed E-state index contributed by atoms with van der Waals surface area (Å²) in [5.41, 5.74) is 3.57. The van der Waals surface area contributed by atoms with Crippen LogP contribution in [0.25, 0.3) is 10.2 Å². The summed E-state index contributed by atoms with van der Waals surface area (Å²) in [5.74, 6) is 2.18. The van der Waals surface area contributed by atoms with E-state index in [1.54, 1.807) is 12.1 Å². The molecule has 0 aliphatic rings. The van der Waals surface area contributed by atoms with Crippen LogP contribution < -0.4 is 4.80 Å². The molecule has 3 nitrogen and oxygen atoms in total. The van der Waals surface area contributed by atoms with Gasteiger partial charge in [0.1, 0.15) is 0 Å². The maximum absolute atomic E-state index is 12.6. The molecule has 0 aliphatic carbocycles. The highest BCUT2D eigenvalue weighted by atomic mass is 35.5. The van der Waals surface area contributed by atoms with Gasteiger partial charge in [-0.15, -0.1) is 6.42 Å². The molecule has 1 amide bonds. The van der Waals surface area contributed by atoms with Crippen molar-refractivity contribution < 1.29 is 4.79 Å². The van der Waals surface area contributed by atoms with Gasteiger partial charge >= 0.3 is 0 Å². The van der Waals surface area contributed by atoms with E-state index in [9.17, 15) is 4.79 Å². The van der Waals surface area contributed by atoms with Crippen molar-refractivity contribution in [3.8, 4) is 12.3 Å². The highest BCUT2D eigenvalue weighted by Gasteiger charge is 2.13. The monoisotopic (exact) mass is 388 g/mol. The fourth-order valence-corrected chi connectivity index (χ4v) is 3.94. The smallest absolute Gasteiger partial charge is 0.281 e. The number of amides is 1. The number of thiazole rings is 1. The molecule has 0 aliphatic heterocycles. The van der Waals surface area contributed by atoms with Crippen molar-refractivity contribution in [3.05, 3.63) is 61.9 Å². The lowest BCUT2D eigenvalue weighted by molar-refractivity contribution is 0.0998. The fourth-order valence-electron chi connectivity index (χ4n) is 2.46. The van der Waals surface area contributed by atoms with Gasteiger partial charge in [0.15, 0.2) is 4.80 Å². The van der Waals surface area contributed by atoms with Crippen LogP contribution in [0.15, 0.2) is 35.3 Å². The molecule has 0 spiro atoms. The second kappa shape index (κ2) is 7.05. The number of carbonyl (C=O) groups excluding carboxylic acids is 1. The van der Waals surface area contributed by atoms with Gasteiger partial charge in [0, 0.05) is 5.02 Å². The van der Waals surface area contributed by atoms with E-state index < -0.39 is 5.91 Å². The lowest BCUT2D eigenvalue weighted by Gasteiger charge is -2.03. The lowest BCUT2D eigenvalue weighted by atomic mass is 10.1. The molecule has 0 saturated carbocycles. The summed E-state index contributed by atoms with van der Waals surface area (Å²) < 4.78 is 2.89. The van der Waals surface area contributed by atoms with Crippen molar-refractivity contribution in [1.29, 1.82) is 0 Å². The second-order valence-corrected chi connectivity index (χ2v) is 7.47. The summed E-state index contributed by atoms with van der Waals surface area (Å²) in [5, 5.41) is 0.747. The molecule has 6 heteroatoms. The average molecular weight is 389 g/mol. The Balaban J connectivity index is 2.22. The van der Waals surface area contributed by atoms with E-state index >= 15 is 0 Å². The largest absolute Gasteiger partial charge is 0.305 e. The van der Waals surface area contributed by atoms with Crippen molar-refractivity contribution in [2.75, 3.05) is 0 Å². The van der Waals surface area contributed by atoms with Crippen molar-refractivity contribution in [2.45, 2.75) is 20.4 Å². The normalized spacial score (nSPS) is 11.7. The summed E-state index contributed by atoms with van der Waals surface area (Å²) in [4.78, 5) is 17.4. The Labute approximate surface area is 159 Å². The van der Waals surface area contributed by atoms with Crippen molar-refractivity contribution >= 4 is 50.7 Å². The van der Waals surface area contributed by atoms with Crippen LogP contribution in [0.1, 0.15) is 21.5 Å². The Bertz CT molecular complexity index is 1100. The first-order chi connectivity index (χ1) is 11.9. The van der Waals surface area contributed by atoms with E-state index in [1.165, 1.54) is 23.0 Å². The van der Waals surface area contributed by atoms with Crippen molar-refractivity contribution in [2.24, 2.45) is 4.99 Å². The van der Waals surface area contributed by atoms with Gasteiger partial charge in [-0.3, -0.25) is 4.79 Å². The first kappa shape index (κ1) is 17.8. The lowest BCUT2D eigenvalue weighted by Crippen LogP contribution is -2.16. The van der Waals surface area contributed by atoms with Crippen LogP contribution in [0, 0.1) is 26.2 Å². The molecule has 126 valence electrons. The van der Waals surface area contributed by atoms with Gasteiger partial charge < -0.3 is 4.57 Å². The Morgan fingerprint density at radius 1 is 1.24 bits per heavy atom. The minimum Gasteiger partial charge on any atom is -0.305 e. The number of nitrogens with zero attached hydrogens (tertiary/aromatic N) is 2. The van der Waals surface area contributed by atoms with Crippen LogP contribution in [0.3, 0.4) is 0 Å². The van der Waals surface area contributed by atoms with Crippen LogP contribution in [-0.2, 0) is 6.54 Å². The van der Waals surface area contributed by atoms with E-state index in [2.05, 4.69) is 23.0 Å². The van der Waals surface area contributed by atoms with Gasteiger partial charge in [-0.05, 0) is 55.3 Å². The van der Waals surface area contributed by atoms with Gasteiger partial charge in [-0.1, -0.05) is 40.5 Å². The van der Waals surface area contributed by atoms with Crippen LogP contribution >= 0.6 is 34.5 Å². The number of fused-ring (bicyclic) bond motifs is 1. The second-order valence-electron chi connectivity index (χ2n) is 5.62. The number of carbonyl (C=O) groups is 1. The molecule has 1 heterocycles. The van der Waals surface area contributed by atoms with E-state index in [4.69, 9.17) is 29.6 Å². The molecule has 25 heavy (non-hydrogen) atoms. The van der Waals surface area contributed by atoms with Crippen molar-refractivity contribution in [3.63, 3.8) is 0 Å². The zero-order valence-electron chi connectivity index (χ0n) is 13.6. The number of aryl methyl sites for hydroxylation is 2. The number of terminal acetylenes is 1. The molecule has 3 aromatic rings. The third-order valence-electron chi connectivity index (χ3n) is 3.90. The van der Waals surface area contributed by atoms with Crippen molar-refractivity contribution in [1.82, 2.24) is 4.57 Å². The number of hydrogen-bond donors (Lipinski definition) is 0. The molecule has 0 fully saturated rings. The van der Waals surface area contributed by atoms with Crippen LogP contribution in [0.5, 0.6) is 0 Å². The summed E-state index contributed by atoms with van der Waals surface area (Å²) in [7, 11) is 0. The van der Waals surface area contributed by atoms with Gasteiger partial charge in [0.25, 0.3) is 5.91 Å². The molecule has 2 aromatic carbocycles. The van der Waals surface area contributed by atoms with Crippen LogP contribution in [0.2, 0.25) is 10.0 Å². The zero-order valence-corrected chi connectivity index (χ0v) is 16.0. The summed E-state index contributed by atoms with van der Waals surface area (Å²) in [6.07, 6.45) is 5.50. The summed E-state index contributed by atoms with van der Waals surface area (Å²) >= 11 is 13.5. The summed E-state index contributed by atoms with van der Waals surface area (Å²) in [6, 6.07) is 8.87. The van der Waals surface area contributed by atoms with Gasteiger partial charge in [0.2, 0.25) is 0 Å². The maximum atomic E-state index is 12.6. The zero-order chi connectivity index (χ0) is 18.1. The molecule has 0 N–H and O–H groups in total. The Hall–Kier alpha value is -2.06. The van der Waals surface area contributed by atoms with Gasteiger partial charge in [0.05, 0.1) is 27.3 Å². The molecule has 0 atom stereocenters. The topological polar surface area (TPSA) is 34.4 Å².